The molecule has 1 aliphatic heterocycles. The highest BCUT2D eigenvalue weighted by molar-refractivity contribution is 6.10. The Morgan fingerprint density at radius 3 is 2.74 bits per heavy atom. The van der Waals surface area contributed by atoms with Gasteiger partial charge in [0.05, 0.1) is 13.2 Å². The first-order chi connectivity index (χ1) is 16.2. The zero-order valence-electron chi connectivity index (χ0n) is 20.0. The molecule has 4 rings (SSSR count). The molecule has 3 aromatic rings. The Balaban J connectivity index is 1.65. The smallest absolute Gasteiger partial charge is 0.410 e. The number of hydrogen-bond acceptors (Lipinski definition) is 7. The molecule has 1 aromatic carbocycles. The van der Waals surface area contributed by atoms with Gasteiger partial charge in [0.15, 0.2) is 5.82 Å². The molecule has 0 bridgehead atoms. The highest BCUT2D eigenvalue weighted by Crippen LogP contribution is 2.32. The van der Waals surface area contributed by atoms with E-state index in [0.717, 1.165) is 16.7 Å². The van der Waals surface area contributed by atoms with Gasteiger partial charge in [-0.3, -0.25) is 9.69 Å². The number of nitrogens with zero attached hydrogens (tertiary/aromatic N) is 5. The summed E-state index contributed by atoms with van der Waals surface area (Å²) >= 11 is 0. The number of hydrogen-bond donors (Lipinski definition) is 1. The van der Waals surface area contributed by atoms with Crippen LogP contribution in [-0.4, -0.2) is 56.8 Å². The van der Waals surface area contributed by atoms with Crippen LogP contribution in [0.1, 0.15) is 47.8 Å². The molecule has 1 aliphatic rings. The third kappa shape index (κ3) is 4.91. The number of ether oxygens (including phenoxy) is 2. The molecule has 2 amide bonds. The summed E-state index contributed by atoms with van der Waals surface area (Å²) in [6.45, 7) is 6.46. The van der Waals surface area contributed by atoms with E-state index in [2.05, 4.69) is 20.2 Å². The van der Waals surface area contributed by atoms with E-state index in [9.17, 15) is 9.59 Å². The van der Waals surface area contributed by atoms with Gasteiger partial charge in [-0.1, -0.05) is 12.1 Å². The fraction of sp³-hybridized carbons (Fsp3) is 0.375. The Morgan fingerprint density at radius 2 is 2.06 bits per heavy atom. The quantitative estimate of drug-likeness (QED) is 0.593. The van der Waals surface area contributed by atoms with E-state index in [4.69, 9.17) is 9.47 Å². The Hall–Kier alpha value is -3.79. The largest absolute Gasteiger partial charge is 0.444 e. The molecule has 10 nitrogen and oxygen atoms in total. The van der Waals surface area contributed by atoms with Gasteiger partial charge in [0.1, 0.15) is 23.4 Å². The normalized spacial score (nSPS) is 13.2. The molecule has 0 radical (unpaired) electrons. The third-order valence-corrected chi connectivity index (χ3v) is 5.29. The maximum Gasteiger partial charge on any atom is 0.410 e. The molecule has 2 aromatic heterocycles. The molecule has 1 N–H and O–H groups in total. The number of fused-ring (bicyclic) bond motifs is 1. The lowest BCUT2D eigenvalue weighted by Crippen LogP contribution is -2.34. The number of aromatic nitrogens is 4. The summed E-state index contributed by atoms with van der Waals surface area (Å²) in [5, 5.41) is 7.79. The predicted octanol–water partition coefficient (Wildman–Crippen LogP) is 3.54. The van der Waals surface area contributed by atoms with Crippen LogP contribution < -0.4 is 4.90 Å². The number of aromatic amines is 1. The molecule has 178 valence electrons. The number of H-pyrrole nitrogens is 1. The summed E-state index contributed by atoms with van der Waals surface area (Å²) in [6.07, 6.45) is 1.05. The van der Waals surface area contributed by atoms with E-state index in [0.29, 0.717) is 42.6 Å². The van der Waals surface area contributed by atoms with Crippen LogP contribution in [0.4, 0.5) is 10.6 Å². The molecule has 0 fully saturated rings. The van der Waals surface area contributed by atoms with Gasteiger partial charge in [0.2, 0.25) is 0 Å². The lowest BCUT2D eigenvalue weighted by Gasteiger charge is -2.25. The molecule has 0 spiro atoms. The second-order valence-electron chi connectivity index (χ2n) is 9.16. The molecule has 0 saturated heterocycles. The molecule has 0 unspecified atom stereocenters. The summed E-state index contributed by atoms with van der Waals surface area (Å²) in [7, 11) is 3.28. The molecule has 0 saturated carbocycles. The molecular formula is C24H28N6O4. The van der Waals surface area contributed by atoms with E-state index in [-0.39, 0.29) is 5.91 Å². The number of methoxy groups -OCH3 is 1. The van der Waals surface area contributed by atoms with E-state index in [1.807, 2.05) is 39.0 Å². The zero-order valence-corrected chi connectivity index (χ0v) is 20.0. The van der Waals surface area contributed by atoms with Crippen molar-refractivity contribution in [3.8, 4) is 11.5 Å². The van der Waals surface area contributed by atoms with Crippen LogP contribution in [-0.2, 0) is 29.2 Å². The van der Waals surface area contributed by atoms with Crippen LogP contribution in [0.3, 0.4) is 0 Å². The van der Waals surface area contributed by atoms with Crippen molar-refractivity contribution in [1.29, 1.82) is 0 Å². The molecule has 0 atom stereocenters. The van der Waals surface area contributed by atoms with Crippen molar-refractivity contribution < 1.29 is 19.1 Å². The zero-order chi connectivity index (χ0) is 24.5. The number of benzene rings is 1. The van der Waals surface area contributed by atoms with Crippen LogP contribution in [0.2, 0.25) is 0 Å². The maximum atomic E-state index is 13.4. The summed E-state index contributed by atoms with van der Waals surface area (Å²) in [6, 6.07) is 9.22. The molecule has 3 heterocycles. The first-order valence-electron chi connectivity index (χ1n) is 10.9. The number of rotatable bonds is 6. The van der Waals surface area contributed by atoms with Gasteiger partial charge in [0, 0.05) is 26.3 Å². The van der Waals surface area contributed by atoms with Crippen LogP contribution in [0.5, 0.6) is 0 Å². The number of anilines is 1. The first-order valence-corrected chi connectivity index (χ1v) is 10.9. The van der Waals surface area contributed by atoms with Crippen LogP contribution in [0, 0.1) is 0 Å². The minimum Gasteiger partial charge on any atom is -0.444 e. The highest BCUT2D eigenvalue weighted by Gasteiger charge is 2.33. The van der Waals surface area contributed by atoms with Gasteiger partial charge in [-0.25, -0.2) is 9.78 Å². The minimum atomic E-state index is -0.599. The van der Waals surface area contributed by atoms with Crippen molar-refractivity contribution in [3.63, 3.8) is 0 Å². The Kier molecular flexibility index (Phi) is 6.34. The topological polar surface area (TPSA) is 114 Å². The Morgan fingerprint density at radius 1 is 1.26 bits per heavy atom. The van der Waals surface area contributed by atoms with Crippen molar-refractivity contribution in [3.05, 3.63) is 58.9 Å². The standard InChI is InChI=1S/C24H28N6O4/c1-24(2,3)34-23(32)29(4)11-16-9-15(13-33-5)10-17-18(16)12-30(22(17)31)20-8-6-7-19(27-20)21-25-14-26-28-21/h6-10,14H,11-13H2,1-5H3,(H,25,26,28). The van der Waals surface area contributed by atoms with Crippen LogP contribution in [0.25, 0.3) is 11.5 Å². The number of carbonyl (C=O) groups is 2. The Bertz CT molecular complexity index is 1200. The van der Waals surface area contributed by atoms with E-state index in [1.54, 1.807) is 31.2 Å². The molecule has 10 heteroatoms. The van der Waals surface area contributed by atoms with Crippen LogP contribution >= 0.6 is 0 Å². The average molecular weight is 465 g/mol. The van der Waals surface area contributed by atoms with Gasteiger partial charge in [-0.2, -0.15) is 0 Å². The number of nitrogens with one attached hydrogen (secondary N) is 1. The van der Waals surface area contributed by atoms with E-state index in [1.165, 1.54) is 11.2 Å². The molecule has 0 aliphatic carbocycles. The van der Waals surface area contributed by atoms with Crippen molar-refractivity contribution in [2.45, 2.75) is 46.1 Å². The summed E-state index contributed by atoms with van der Waals surface area (Å²) in [5.74, 6) is 0.874. The van der Waals surface area contributed by atoms with Crippen LogP contribution in [0.15, 0.2) is 36.7 Å². The van der Waals surface area contributed by atoms with Gasteiger partial charge in [0.25, 0.3) is 5.91 Å². The number of carbonyl (C=O) groups excluding carboxylic acids is 2. The van der Waals surface area contributed by atoms with Gasteiger partial charge < -0.3 is 19.4 Å². The second-order valence-corrected chi connectivity index (χ2v) is 9.16. The van der Waals surface area contributed by atoms with E-state index < -0.39 is 11.7 Å². The van der Waals surface area contributed by atoms with Crippen molar-refractivity contribution in [2.24, 2.45) is 0 Å². The van der Waals surface area contributed by atoms with Crippen molar-refractivity contribution in [1.82, 2.24) is 25.1 Å². The summed E-state index contributed by atoms with van der Waals surface area (Å²) < 4.78 is 10.8. The molecular weight excluding hydrogens is 436 g/mol. The van der Waals surface area contributed by atoms with E-state index >= 15 is 0 Å². The average Bonchev–Trinajstić information content (AvgIpc) is 3.42. The number of amides is 2. The fourth-order valence-electron chi connectivity index (χ4n) is 3.82. The van der Waals surface area contributed by atoms with Gasteiger partial charge in [-0.05, 0) is 55.7 Å². The predicted molar refractivity (Wildman–Crippen MR) is 125 cm³/mol. The lowest BCUT2D eigenvalue weighted by atomic mass is 9.99. The minimum absolute atomic E-state index is 0.156. The van der Waals surface area contributed by atoms with Gasteiger partial charge in [-0.15, -0.1) is 10.2 Å². The molecule has 34 heavy (non-hydrogen) atoms. The van der Waals surface area contributed by atoms with Crippen molar-refractivity contribution >= 4 is 17.8 Å². The van der Waals surface area contributed by atoms with Crippen molar-refractivity contribution in [2.75, 3.05) is 19.1 Å². The second kappa shape index (κ2) is 9.22. The SMILES string of the molecule is COCc1cc(CN(C)C(=O)OC(C)(C)C)c2c(c1)C(=O)N(c1cccc(-c3nnc[nH]3)n1)C2. The highest BCUT2D eigenvalue weighted by atomic mass is 16.6. The summed E-state index contributed by atoms with van der Waals surface area (Å²) in [4.78, 5) is 36.6. The first kappa shape index (κ1) is 23.4. The summed E-state index contributed by atoms with van der Waals surface area (Å²) in [5.41, 5.74) is 3.13. The Labute approximate surface area is 197 Å². The monoisotopic (exact) mass is 464 g/mol. The lowest BCUT2D eigenvalue weighted by molar-refractivity contribution is 0.0284. The maximum absolute atomic E-state index is 13.4. The number of pyridine rings is 1. The fourth-order valence-corrected chi connectivity index (χ4v) is 3.82. The third-order valence-electron chi connectivity index (χ3n) is 5.29. The van der Waals surface area contributed by atoms with Gasteiger partial charge >= 0.3 is 6.09 Å².